The largest absolute Gasteiger partial charge is 0.309 e. The summed E-state index contributed by atoms with van der Waals surface area (Å²) in [5.74, 6) is -2.61. The van der Waals surface area contributed by atoms with Crippen LogP contribution in [0.3, 0.4) is 0 Å². The molecule has 0 radical (unpaired) electrons. The maximum absolute atomic E-state index is 13.3. The van der Waals surface area contributed by atoms with E-state index in [4.69, 9.17) is 0 Å². The Balaban J connectivity index is 2.38. The molecule has 0 heterocycles. The van der Waals surface area contributed by atoms with Crippen molar-refractivity contribution in [3.05, 3.63) is 69.8 Å². The van der Waals surface area contributed by atoms with Crippen LogP contribution in [0.5, 0.6) is 0 Å². The predicted octanol–water partition coefficient (Wildman–Crippen LogP) is 3.54. The van der Waals surface area contributed by atoms with Gasteiger partial charge in [0.1, 0.15) is 0 Å². The van der Waals surface area contributed by atoms with E-state index in [0.29, 0.717) is 0 Å². The summed E-state index contributed by atoms with van der Waals surface area (Å²) in [6, 6.07) is 8.34. The van der Waals surface area contributed by atoms with Gasteiger partial charge in [0.25, 0.3) is 11.6 Å². The molecule has 0 saturated heterocycles. The van der Waals surface area contributed by atoms with Gasteiger partial charge >= 0.3 is 0 Å². The molecule has 0 fully saturated rings. The molecule has 114 valence electrons. The van der Waals surface area contributed by atoms with Crippen LogP contribution >= 0.6 is 0 Å². The third-order valence-corrected chi connectivity index (χ3v) is 3.08. The minimum atomic E-state index is -1.07. The number of benzene rings is 2. The van der Waals surface area contributed by atoms with Gasteiger partial charge in [-0.1, -0.05) is 6.07 Å². The van der Waals surface area contributed by atoms with E-state index in [0.717, 1.165) is 18.2 Å². The molecule has 0 saturated carbocycles. The molecule has 0 aliphatic heterocycles. The molecule has 0 aliphatic carbocycles. The summed E-state index contributed by atoms with van der Waals surface area (Å²) in [7, 11) is 0. The Hall–Kier alpha value is -2.83. The first-order valence-electron chi connectivity index (χ1n) is 6.45. The molecule has 0 atom stereocenters. The van der Waals surface area contributed by atoms with Crippen LogP contribution in [-0.2, 0) is 0 Å². The predicted molar refractivity (Wildman–Crippen MR) is 76.8 cm³/mol. The number of rotatable bonds is 4. The number of nitro benzene ring substituents is 1. The summed E-state index contributed by atoms with van der Waals surface area (Å²) in [4.78, 5) is 23.8. The number of amides is 1. The minimum absolute atomic E-state index is 0.0979. The monoisotopic (exact) mass is 306 g/mol. The zero-order valence-corrected chi connectivity index (χ0v) is 11.6. The van der Waals surface area contributed by atoms with Gasteiger partial charge in [-0.25, -0.2) is 8.78 Å². The molecular formula is C15H12F2N2O3. The molecule has 2 rings (SSSR count). The number of halogens is 2. The van der Waals surface area contributed by atoms with Crippen molar-refractivity contribution < 1.29 is 18.5 Å². The smallest absolute Gasteiger partial charge is 0.270 e. The van der Waals surface area contributed by atoms with Crippen LogP contribution in [0.4, 0.5) is 20.2 Å². The van der Waals surface area contributed by atoms with Crippen molar-refractivity contribution in [1.82, 2.24) is 0 Å². The quantitative estimate of drug-likeness (QED) is 0.641. The fourth-order valence-corrected chi connectivity index (χ4v) is 2.00. The van der Waals surface area contributed by atoms with E-state index in [9.17, 15) is 23.7 Å². The van der Waals surface area contributed by atoms with Crippen LogP contribution in [0.2, 0.25) is 0 Å². The lowest BCUT2D eigenvalue weighted by molar-refractivity contribution is -0.384. The molecule has 0 aliphatic rings. The highest BCUT2D eigenvalue weighted by atomic mass is 19.2. The molecular weight excluding hydrogens is 294 g/mol. The highest BCUT2D eigenvalue weighted by Crippen LogP contribution is 2.21. The van der Waals surface area contributed by atoms with Crippen molar-refractivity contribution >= 4 is 17.3 Å². The fraction of sp³-hybridized carbons (Fsp3) is 0.133. The molecule has 0 N–H and O–H groups in total. The summed E-state index contributed by atoms with van der Waals surface area (Å²) in [5.41, 5.74) is 0.0610. The molecule has 2 aromatic rings. The molecule has 22 heavy (non-hydrogen) atoms. The number of carbonyl (C=O) groups excluding carboxylic acids is 1. The minimum Gasteiger partial charge on any atom is -0.309 e. The Labute approximate surface area is 124 Å². The van der Waals surface area contributed by atoms with Crippen molar-refractivity contribution in [2.75, 3.05) is 11.4 Å². The number of carbonyl (C=O) groups is 1. The number of hydrogen-bond donors (Lipinski definition) is 0. The fourth-order valence-electron chi connectivity index (χ4n) is 2.00. The molecule has 0 bridgehead atoms. The Morgan fingerprint density at radius 3 is 2.50 bits per heavy atom. The Bertz CT molecular complexity index is 734. The number of nitro groups is 1. The molecule has 5 nitrogen and oxygen atoms in total. The van der Waals surface area contributed by atoms with Gasteiger partial charge in [-0.05, 0) is 25.1 Å². The lowest BCUT2D eigenvalue weighted by atomic mass is 10.1. The van der Waals surface area contributed by atoms with E-state index >= 15 is 0 Å². The van der Waals surface area contributed by atoms with Gasteiger partial charge in [-0.15, -0.1) is 0 Å². The van der Waals surface area contributed by atoms with E-state index in [1.54, 1.807) is 6.92 Å². The highest BCUT2D eigenvalue weighted by Gasteiger charge is 2.19. The molecule has 0 spiro atoms. The average Bonchev–Trinajstić information content (AvgIpc) is 2.51. The second kappa shape index (κ2) is 6.30. The van der Waals surface area contributed by atoms with E-state index in [-0.39, 0.29) is 23.5 Å². The standard InChI is InChI=1S/C15H12F2N2O3/c1-2-18(11-6-7-13(16)14(17)9-11)15(20)10-4-3-5-12(8-10)19(21)22/h3-9H,2H2,1H3. The maximum atomic E-state index is 13.3. The van der Waals surface area contributed by atoms with Gasteiger partial charge in [0.05, 0.1) is 4.92 Å². The molecule has 2 aromatic carbocycles. The first-order chi connectivity index (χ1) is 10.4. The van der Waals surface area contributed by atoms with Crippen LogP contribution in [0, 0.1) is 21.7 Å². The first kappa shape index (κ1) is 15.6. The Morgan fingerprint density at radius 2 is 1.91 bits per heavy atom. The molecule has 1 amide bonds. The van der Waals surface area contributed by atoms with E-state index < -0.39 is 22.5 Å². The number of anilines is 1. The zero-order chi connectivity index (χ0) is 16.3. The SMILES string of the molecule is CCN(C(=O)c1cccc([N+](=O)[O-])c1)c1ccc(F)c(F)c1. The van der Waals surface area contributed by atoms with Crippen molar-refractivity contribution in [3.63, 3.8) is 0 Å². The van der Waals surface area contributed by atoms with Crippen molar-refractivity contribution in [2.45, 2.75) is 6.92 Å². The normalized spacial score (nSPS) is 10.3. The lowest BCUT2D eigenvalue weighted by Gasteiger charge is -2.21. The maximum Gasteiger partial charge on any atom is 0.270 e. The topological polar surface area (TPSA) is 63.5 Å². The summed E-state index contributed by atoms with van der Waals surface area (Å²) in [6.07, 6.45) is 0. The third kappa shape index (κ3) is 3.08. The van der Waals surface area contributed by atoms with Gasteiger partial charge in [-0.2, -0.15) is 0 Å². The van der Waals surface area contributed by atoms with E-state index in [2.05, 4.69) is 0 Å². The van der Waals surface area contributed by atoms with Gasteiger partial charge in [0, 0.05) is 36.0 Å². The summed E-state index contributed by atoms with van der Waals surface area (Å²) < 4.78 is 26.3. The average molecular weight is 306 g/mol. The van der Waals surface area contributed by atoms with Crippen molar-refractivity contribution in [3.8, 4) is 0 Å². The second-order valence-electron chi connectivity index (χ2n) is 4.46. The molecule has 7 heteroatoms. The number of non-ortho nitro benzene ring substituents is 1. The van der Waals surface area contributed by atoms with Crippen LogP contribution < -0.4 is 4.90 Å². The van der Waals surface area contributed by atoms with Crippen LogP contribution in [0.1, 0.15) is 17.3 Å². The lowest BCUT2D eigenvalue weighted by Crippen LogP contribution is -2.30. The number of hydrogen-bond acceptors (Lipinski definition) is 3. The van der Waals surface area contributed by atoms with Crippen LogP contribution in [-0.4, -0.2) is 17.4 Å². The van der Waals surface area contributed by atoms with Crippen LogP contribution in [0.25, 0.3) is 0 Å². The second-order valence-corrected chi connectivity index (χ2v) is 4.46. The highest BCUT2D eigenvalue weighted by molar-refractivity contribution is 6.06. The van der Waals surface area contributed by atoms with Crippen molar-refractivity contribution in [2.24, 2.45) is 0 Å². The first-order valence-corrected chi connectivity index (χ1v) is 6.45. The van der Waals surface area contributed by atoms with Gasteiger partial charge < -0.3 is 4.90 Å². The Kier molecular flexibility index (Phi) is 4.45. The number of nitrogens with zero attached hydrogens (tertiary/aromatic N) is 2. The zero-order valence-electron chi connectivity index (χ0n) is 11.6. The van der Waals surface area contributed by atoms with E-state index in [1.807, 2.05) is 0 Å². The Morgan fingerprint density at radius 1 is 1.18 bits per heavy atom. The van der Waals surface area contributed by atoms with Crippen LogP contribution in [0.15, 0.2) is 42.5 Å². The van der Waals surface area contributed by atoms with Crippen molar-refractivity contribution in [1.29, 1.82) is 0 Å². The summed E-state index contributed by atoms with van der Waals surface area (Å²) in [6.45, 7) is 1.86. The van der Waals surface area contributed by atoms with E-state index in [1.165, 1.54) is 29.2 Å². The van der Waals surface area contributed by atoms with Gasteiger partial charge in [0.2, 0.25) is 0 Å². The summed E-state index contributed by atoms with van der Waals surface area (Å²) >= 11 is 0. The summed E-state index contributed by atoms with van der Waals surface area (Å²) in [5, 5.41) is 10.8. The molecule has 0 unspecified atom stereocenters. The molecule has 0 aromatic heterocycles. The third-order valence-electron chi connectivity index (χ3n) is 3.08. The van der Waals surface area contributed by atoms with Gasteiger partial charge in [-0.3, -0.25) is 14.9 Å². The van der Waals surface area contributed by atoms with Gasteiger partial charge in [0.15, 0.2) is 11.6 Å².